The lowest BCUT2D eigenvalue weighted by molar-refractivity contribution is -0.166. The molecule has 0 aliphatic carbocycles. The molecule has 0 aliphatic rings. The van der Waals surface area contributed by atoms with Gasteiger partial charge in [0.25, 0.3) is 0 Å². The zero-order valence-electron chi connectivity index (χ0n) is 17.4. The van der Waals surface area contributed by atoms with Crippen LogP contribution in [0.4, 0.5) is 0 Å². The van der Waals surface area contributed by atoms with Crippen molar-refractivity contribution < 1.29 is 14.6 Å². The summed E-state index contributed by atoms with van der Waals surface area (Å²) in [6, 6.07) is 5.91. The van der Waals surface area contributed by atoms with Crippen LogP contribution >= 0.6 is 0 Å². The number of ether oxygens (including phenoxy) is 1. The van der Waals surface area contributed by atoms with E-state index in [1.165, 1.54) is 0 Å². The third-order valence-corrected chi connectivity index (χ3v) is 5.55. The van der Waals surface area contributed by atoms with Gasteiger partial charge in [-0.25, -0.2) is 4.79 Å². The molecule has 3 atom stereocenters. The first-order valence-corrected chi connectivity index (χ1v) is 9.31. The van der Waals surface area contributed by atoms with Gasteiger partial charge in [0.2, 0.25) is 5.60 Å². The molecule has 3 nitrogen and oxygen atoms in total. The maximum absolute atomic E-state index is 12.5. The van der Waals surface area contributed by atoms with E-state index < -0.39 is 11.6 Å². The summed E-state index contributed by atoms with van der Waals surface area (Å²) in [5.74, 6) is 0.0732. The van der Waals surface area contributed by atoms with E-state index in [2.05, 4.69) is 41.5 Å². The molecule has 1 rings (SSSR count). The van der Waals surface area contributed by atoms with Gasteiger partial charge in [-0.3, -0.25) is 0 Å². The number of rotatable bonds is 7. The normalized spacial score (nSPS) is 17.0. The highest BCUT2D eigenvalue weighted by molar-refractivity contribution is 5.78. The first-order chi connectivity index (χ1) is 11.3. The molecule has 0 heterocycles. The second kappa shape index (κ2) is 7.80. The van der Waals surface area contributed by atoms with E-state index in [9.17, 15) is 9.90 Å². The second-order valence-corrected chi connectivity index (χ2v) is 9.11. The summed E-state index contributed by atoms with van der Waals surface area (Å²) in [7, 11) is 0. The minimum Gasteiger partial charge on any atom is -0.478 e. The molecule has 25 heavy (non-hydrogen) atoms. The zero-order chi connectivity index (χ0) is 19.6. The monoisotopic (exact) mass is 348 g/mol. The third-order valence-electron chi connectivity index (χ3n) is 5.55. The van der Waals surface area contributed by atoms with Crippen molar-refractivity contribution in [3.63, 3.8) is 0 Å². The Bertz CT molecular complexity index is 598. The molecule has 1 aromatic carbocycles. The predicted octanol–water partition coefficient (Wildman–Crippen LogP) is 5.87. The van der Waals surface area contributed by atoms with Crippen molar-refractivity contribution in [1.29, 1.82) is 0 Å². The van der Waals surface area contributed by atoms with E-state index in [1.54, 1.807) is 0 Å². The van der Waals surface area contributed by atoms with Gasteiger partial charge in [-0.2, -0.15) is 0 Å². The topological polar surface area (TPSA) is 46.5 Å². The van der Waals surface area contributed by atoms with Crippen molar-refractivity contribution in [3.8, 4) is 5.75 Å². The van der Waals surface area contributed by atoms with Crippen LogP contribution in [0.2, 0.25) is 0 Å². The highest BCUT2D eigenvalue weighted by Crippen LogP contribution is 2.42. The lowest BCUT2D eigenvalue weighted by Gasteiger charge is -2.44. The van der Waals surface area contributed by atoms with Crippen LogP contribution in [0.15, 0.2) is 18.2 Å². The van der Waals surface area contributed by atoms with Crippen molar-refractivity contribution in [3.05, 3.63) is 29.3 Å². The number of hydrogen-bond acceptors (Lipinski definition) is 2. The maximum atomic E-state index is 12.5. The molecule has 0 bridgehead atoms. The smallest absolute Gasteiger partial charge is 0.348 e. The number of carboxylic acid groups (broad SMARTS) is 1. The molecule has 0 aliphatic heterocycles. The predicted molar refractivity (Wildman–Crippen MR) is 104 cm³/mol. The molecule has 142 valence electrons. The molecule has 0 radical (unpaired) electrons. The largest absolute Gasteiger partial charge is 0.478 e. The average Bonchev–Trinajstić information content (AvgIpc) is 2.45. The van der Waals surface area contributed by atoms with Crippen molar-refractivity contribution in [2.45, 2.75) is 74.3 Å². The number of hydrogen-bond donors (Lipinski definition) is 1. The van der Waals surface area contributed by atoms with Crippen molar-refractivity contribution >= 4 is 5.97 Å². The van der Waals surface area contributed by atoms with E-state index >= 15 is 0 Å². The number of aryl methyl sites for hydroxylation is 2. The number of aliphatic carboxylic acids is 1. The van der Waals surface area contributed by atoms with E-state index in [0.717, 1.165) is 11.1 Å². The Kier molecular flexibility index (Phi) is 6.72. The van der Waals surface area contributed by atoms with Crippen LogP contribution in [-0.4, -0.2) is 16.7 Å². The lowest BCUT2D eigenvalue weighted by atomic mass is 9.67. The van der Waals surface area contributed by atoms with E-state index in [4.69, 9.17) is 4.74 Å². The molecule has 0 spiro atoms. The number of carbonyl (C=O) groups is 1. The van der Waals surface area contributed by atoms with Crippen LogP contribution in [0.5, 0.6) is 5.75 Å². The Hall–Kier alpha value is -1.51. The van der Waals surface area contributed by atoms with E-state index in [0.29, 0.717) is 12.2 Å². The fraction of sp³-hybridized carbons (Fsp3) is 0.682. The summed E-state index contributed by atoms with van der Waals surface area (Å²) in [6.07, 6.45) is 0.483. The van der Waals surface area contributed by atoms with Gasteiger partial charge in [0.05, 0.1) is 0 Å². The molecule has 1 aromatic rings. The maximum Gasteiger partial charge on any atom is 0.348 e. The Morgan fingerprint density at radius 3 is 2.04 bits per heavy atom. The lowest BCUT2D eigenvalue weighted by Crippen LogP contribution is -2.54. The van der Waals surface area contributed by atoms with Gasteiger partial charge in [-0.15, -0.1) is 0 Å². The van der Waals surface area contributed by atoms with Crippen LogP contribution in [0, 0.1) is 37.0 Å². The van der Waals surface area contributed by atoms with Gasteiger partial charge >= 0.3 is 5.97 Å². The standard InChI is InChI=1S/C22H36O3/c1-14(2)13-22(20(23)24,18(6)17(5)21(7,8)9)25-19-11-10-15(3)12-16(19)4/h10-12,14,17-18H,13H2,1-9H3,(H,23,24). The second-order valence-electron chi connectivity index (χ2n) is 9.11. The van der Waals surface area contributed by atoms with Crippen LogP contribution < -0.4 is 4.74 Å². The number of benzene rings is 1. The number of carboxylic acids is 1. The van der Waals surface area contributed by atoms with Crippen molar-refractivity contribution in [1.82, 2.24) is 0 Å². The Morgan fingerprint density at radius 1 is 1.08 bits per heavy atom. The fourth-order valence-corrected chi connectivity index (χ4v) is 3.52. The van der Waals surface area contributed by atoms with Crippen LogP contribution in [-0.2, 0) is 4.79 Å². The highest BCUT2D eigenvalue weighted by atomic mass is 16.5. The SMILES string of the molecule is Cc1ccc(OC(CC(C)C)(C(=O)O)C(C)C(C)C(C)(C)C)c(C)c1. The molecule has 0 saturated carbocycles. The van der Waals surface area contributed by atoms with E-state index in [1.807, 2.05) is 39.0 Å². The summed E-state index contributed by atoms with van der Waals surface area (Å²) in [6.45, 7) is 18.7. The minimum absolute atomic E-state index is 0.00275. The van der Waals surface area contributed by atoms with E-state index in [-0.39, 0.29) is 23.2 Å². The van der Waals surface area contributed by atoms with Gasteiger partial charge in [-0.05, 0) is 42.7 Å². The van der Waals surface area contributed by atoms with Crippen LogP contribution in [0.1, 0.15) is 66.0 Å². The van der Waals surface area contributed by atoms with Gasteiger partial charge < -0.3 is 9.84 Å². The first kappa shape index (κ1) is 21.5. The van der Waals surface area contributed by atoms with Gasteiger partial charge in [0.1, 0.15) is 5.75 Å². The van der Waals surface area contributed by atoms with Gasteiger partial charge in [-0.1, -0.05) is 66.2 Å². The molecule has 0 aromatic heterocycles. The molecular weight excluding hydrogens is 312 g/mol. The molecule has 3 heteroatoms. The Morgan fingerprint density at radius 2 is 1.64 bits per heavy atom. The molecule has 0 amide bonds. The van der Waals surface area contributed by atoms with Crippen LogP contribution in [0.25, 0.3) is 0 Å². The third kappa shape index (κ3) is 4.99. The molecular formula is C22H36O3. The summed E-state index contributed by atoms with van der Waals surface area (Å²) in [5.41, 5.74) is 0.889. The van der Waals surface area contributed by atoms with Gasteiger partial charge in [0.15, 0.2) is 0 Å². The fourth-order valence-electron chi connectivity index (χ4n) is 3.52. The Labute approximate surface area is 153 Å². The average molecular weight is 349 g/mol. The molecule has 0 saturated heterocycles. The summed E-state index contributed by atoms with van der Waals surface area (Å²) >= 11 is 0. The summed E-state index contributed by atoms with van der Waals surface area (Å²) in [5, 5.41) is 10.2. The first-order valence-electron chi connectivity index (χ1n) is 9.31. The van der Waals surface area contributed by atoms with Crippen LogP contribution in [0.3, 0.4) is 0 Å². The van der Waals surface area contributed by atoms with Crippen molar-refractivity contribution in [2.24, 2.45) is 23.2 Å². The highest BCUT2D eigenvalue weighted by Gasteiger charge is 2.50. The minimum atomic E-state index is -1.24. The zero-order valence-corrected chi connectivity index (χ0v) is 17.4. The van der Waals surface area contributed by atoms with Crippen molar-refractivity contribution in [2.75, 3.05) is 0 Å². The quantitative estimate of drug-likeness (QED) is 0.670. The molecule has 1 N–H and O–H groups in total. The summed E-state index contributed by atoms with van der Waals surface area (Å²) in [4.78, 5) is 12.5. The molecule has 3 unspecified atom stereocenters. The van der Waals surface area contributed by atoms with Gasteiger partial charge in [0, 0.05) is 12.3 Å². The Balaban J connectivity index is 3.42. The molecule has 0 fully saturated rings. The summed E-state index contributed by atoms with van der Waals surface area (Å²) < 4.78 is 6.34.